The maximum Gasteiger partial charge on any atom is 0.0669 e. The Labute approximate surface area is 75.0 Å². The molecule has 1 atom stereocenters. The van der Waals surface area contributed by atoms with Gasteiger partial charge < -0.3 is 5.32 Å². The molecule has 0 heterocycles. The van der Waals surface area contributed by atoms with Crippen LogP contribution in [0.4, 0.5) is 0 Å². The molecule has 1 saturated carbocycles. The number of nitrogens with one attached hydrogen (secondary N) is 1. The molecule has 1 aliphatic rings. The minimum absolute atomic E-state index is 0.213. The van der Waals surface area contributed by atoms with E-state index in [2.05, 4.69) is 18.3 Å². The van der Waals surface area contributed by atoms with Crippen LogP contribution in [-0.2, 0) is 0 Å². The van der Waals surface area contributed by atoms with Crippen molar-refractivity contribution in [2.24, 2.45) is 11.8 Å². The zero-order valence-corrected chi connectivity index (χ0v) is 7.84. The van der Waals surface area contributed by atoms with Crippen molar-refractivity contribution in [3.8, 4) is 6.07 Å². The van der Waals surface area contributed by atoms with Crippen molar-refractivity contribution in [1.29, 1.82) is 5.26 Å². The van der Waals surface area contributed by atoms with Gasteiger partial charge in [-0.2, -0.15) is 5.26 Å². The van der Waals surface area contributed by atoms with Gasteiger partial charge in [0.05, 0.1) is 12.0 Å². The third kappa shape index (κ3) is 2.83. The van der Waals surface area contributed by atoms with Gasteiger partial charge in [-0.25, -0.2) is 0 Å². The molecule has 0 aromatic heterocycles. The van der Waals surface area contributed by atoms with Crippen molar-refractivity contribution in [3.05, 3.63) is 0 Å². The smallest absolute Gasteiger partial charge is 0.0669 e. The minimum Gasteiger partial charge on any atom is -0.315 e. The predicted octanol–water partition coefficient (Wildman–Crippen LogP) is 1.93. The van der Waals surface area contributed by atoms with Crippen molar-refractivity contribution in [2.45, 2.75) is 32.6 Å². The van der Waals surface area contributed by atoms with E-state index >= 15 is 0 Å². The lowest BCUT2D eigenvalue weighted by Gasteiger charge is -2.25. The first-order chi connectivity index (χ1) is 5.86. The molecule has 68 valence electrons. The zero-order valence-electron chi connectivity index (χ0n) is 7.84. The van der Waals surface area contributed by atoms with Gasteiger partial charge in [-0.1, -0.05) is 13.3 Å². The highest BCUT2D eigenvalue weighted by Crippen LogP contribution is 2.25. The summed E-state index contributed by atoms with van der Waals surface area (Å²) in [5.74, 6) is 1.12. The van der Waals surface area contributed by atoms with Gasteiger partial charge in [0.25, 0.3) is 0 Å². The minimum atomic E-state index is 0.213. The molecule has 1 unspecified atom stereocenters. The topological polar surface area (TPSA) is 35.8 Å². The molecule has 0 amide bonds. The number of hydrogen-bond acceptors (Lipinski definition) is 2. The summed E-state index contributed by atoms with van der Waals surface area (Å²) in [5, 5.41) is 12.0. The molecule has 0 aromatic carbocycles. The largest absolute Gasteiger partial charge is 0.315 e. The van der Waals surface area contributed by atoms with Gasteiger partial charge in [-0.15, -0.1) is 0 Å². The van der Waals surface area contributed by atoms with Crippen LogP contribution in [0.15, 0.2) is 0 Å². The molecule has 1 rings (SSSR count). The van der Waals surface area contributed by atoms with Crippen LogP contribution in [0.25, 0.3) is 0 Å². The van der Waals surface area contributed by atoms with E-state index in [9.17, 15) is 0 Å². The second-order valence-electron chi connectivity index (χ2n) is 3.69. The second-order valence-corrected chi connectivity index (χ2v) is 3.69. The molecular formula is C10H18N2. The van der Waals surface area contributed by atoms with Crippen LogP contribution in [0.5, 0.6) is 0 Å². The normalized spacial score (nSPS) is 19.7. The average Bonchev–Trinajstić information content (AvgIpc) is 2.02. The Bertz CT molecular complexity index is 156. The predicted molar refractivity (Wildman–Crippen MR) is 49.6 cm³/mol. The standard InChI is InChI=1S/C10H18N2/c1-2-9(6-11)7-12-8-10-4-3-5-10/h9-10,12H,2-5,7-8H2,1H3. The van der Waals surface area contributed by atoms with Crippen molar-refractivity contribution in [3.63, 3.8) is 0 Å². The second kappa shape index (κ2) is 5.16. The summed E-state index contributed by atoms with van der Waals surface area (Å²) in [7, 11) is 0. The molecule has 1 N–H and O–H groups in total. The molecule has 0 aromatic rings. The highest BCUT2D eigenvalue weighted by molar-refractivity contribution is 4.83. The van der Waals surface area contributed by atoms with E-state index < -0.39 is 0 Å². The van der Waals surface area contributed by atoms with Crippen LogP contribution < -0.4 is 5.32 Å². The molecular weight excluding hydrogens is 148 g/mol. The van der Waals surface area contributed by atoms with Crippen LogP contribution >= 0.6 is 0 Å². The highest BCUT2D eigenvalue weighted by atomic mass is 14.9. The Morgan fingerprint density at radius 3 is 2.75 bits per heavy atom. The van der Waals surface area contributed by atoms with Crippen LogP contribution in [0.3, 0.4) is 0 Å². The first-order valence-electron chi connectivity index (χ1n) is 4.97. The maximum absolute atomic E-state index is 8.67. The lowest BCUT2D eigenvalue weighted by molar-refractivity contribution is 0.298. The lowest BCUT2D eigenvalue weighted by atomic mass is 9.85. The fraction of sp³-hybridized carbons (Fsp3) is 0.900. The van der Waals surface area contributed by atoms with Gasteiger partial charge in [0.2, 0.25) is 0 Å². The molecule has 2 nitrogen and oxygen atoms in total. The average molecular weight is 166 g/mol. The number of nitriles is 1. The summed E-state index contributed by atoms with van der Waals surface area (Å²) in [4.78, 5) is 0. The first kappa shape index (κ1) is 9.54. The van der Waals surface area contributed by atoms with E-state index in [1.54, 1.807) is 0 Å². The summed E-state index contributed by atoms with van der Waals surface area (Å²) < 4.78 is 0. The van der Waals surface area contributed by atoms with Crippen molar-refractivity contribution in [1.82, 2.24) is 5.32 Å². The van der Waals surface area contributed by atoms with E-state index in [4.69, 9.17) is 5.26 Å². The zero-order chi connectivity index (χ0) is 8.81. The molecule has 0 saturated heterocycles. The molecule has 12 heavy (non-hydrogen) atoms. The molecule has 0 spiro atoms. The molecule has 2 heteroatoms. The van der Waals surface area contributed by atoms with E-state index in [-0.39, 0.29) is 5.92 Å². The van der Waals surface area contributed by atoms with Gasteiger partial charge in [-0.05, 0) is 31.7 Å². The summed E-state index contributed by atoms with van der Waals surface area (Å²) in [5.41, 5.74) is 0. The van der Waals surface area contributed by atoms with Gasteiger partial charge in [-0.3, -0.25) is 0 Å². The Morgan fingerprint density at radius 1 is 1.58 bits per heavy atom. The van der Waals surface area contributed by atoms with E-state index in [0.29, 0.717) is 0 Å². The van der Waals surface area contributed by atoms with Crippen molar-refractivity contribution in [2.75, 3.05) is 13.1 Å². The summed E-state index contributed by atoms with van der Waals surface area (Å²) in [6, 6.07) is 2.30. The SMILES string of the molecule is CCC(C#N)CNCC1CCC1. The summed E-state index contributed by atoms with van der Waals surface area (Å²) in [6.45, 7) is 4.07. The Hall–Kier alpha value is -0.550. The Morgan fingerprint density at radius 2 is 2.33 bits per heavy atom. The van der Waals surface area contributed by atoms with Crippen molar-refractivity contribution >= 4 is 0 Å². The molecule has 0 bridgehead atoms. The van der Waals surface area contributed by atoms with Crippen LogP contribution in [0, 0.1) is 23.2 Å². The van der Waals surface area contributed by atoms with Gasteiger partial charge in [0.15, 0.2) is 0 Å². The summed E-state index contributed by atoms with van der Waals surface area (Å²) >= 11 is 0. The first-order valence-corrected chi connectivity index (χ1v) is 4.97. The number of rotatable bonds is 5. The van der Waals surface area contributed by atoms with Crippen molar-refractivity contribution < 1.29 is 0 Å². The number of hydrogen-bond donors (Lipinski definition) is 1. The van der Waals surface area contributed by atoms with Crippen LogP contribution in [0.1, 0.15) is 32.6 Å². The van der Waals surface area contributed by atoms with Gasteiger partial charge in [0, 0.05) is 6.54 Å². The summed E-state index contributed by atoms with van der Waals surface area (Å²) in [6.07, 6.45) is 5.14. The maximum atomic E-state index is 8.67. The van der Waals surface area contributed by atoms with Crippen LogP contribution in [-0.4, -0.2) is 13.1 Å². The van der Waals surface area contributed by atoms with E-state index in [0.717, 1.165) is 25.4 Å². The molecule has 1 fully saturated rings. The fourth-order valence-corrected chi connectivity index (χ4v) is 1.44. The fourth-order valence-electron chi connectivity index (χ4n) is 1.44. The Kier molecular flexibility index (Phi) is 4.10. The third-order valence-electron chi connectivity index (χ3n) is 2.72. The highest BCUT2D eigenvalue weighted by Gasteiger charge is 2.16. The number of nitrogens with zero attached hydrogens (tertiary/aromatic N) is 1. The van der Waals surface area contributed by atoms with E-state index in [1.807, 2.05) is 0 Å². The molecule has 1 aliphatic carbocycles. The van der Waals surface area contributed by atoms with Crippen LogP contribution in [0.2, 0.25) is 0 Å². The molecule has 0 radical (unpaired) electrons. The molecule has 0 aliphatic heterocycles. The van der Waals surface area contributed by atoms with E-state index in [1.165, 1.54) is 19.3 Å². The monoisotopic (exact) mass is 166 g/mol. The lowest BCUT2D eigenvalue weighted by Crippen LogP contribution is -2.30. The third-order valence-corrected chi connectivity index (χ3v) is 2.72. The van der Waals surface area contributed by atoms with Gasteiger partial charge in [0.1, 0.15) is 0 Å². The Balaban J connectivity index is 1.97. The van der Waals surface area contributed by atoms with Gasteiger partial charge >= 0.3 is 0 Å². The quantitative estimate of drug-likeness (QED) is 0.677.